The van der Waals surface area contributed by atoms with Crippen LogP contribution in [0.5, 0.6) is 5.75 Å². The number of benzene rings is 1. The van der Waals surface area contributed by atoms with Gasteiger partial charge in [0.15, 0.2) is 6.10 Å². The number of hydrogen-bond donors (Lipinski definition) is 1. The molecule has 2 fully saturated rings. The Bertz CT molecular complexity index is 573. The Labute approximate surface area is 155 Å². The molecule has 0 radical (unpaired) electrons. The molecule has 1 saturated heterocycles. The fourth-order valence-electron chi connectivity index (χ4n) is 3.98. The third-order valence-corrected chi connectivity index (χ3v) is 5.62. The van der Waals surface area contributed by atoms with Crippen LogP contribution in [0.15, 0.2) is 24.3 Å². The highest BCUT2D eigenvalue weighted by Gasteiger charge is 2.30. The van der Waals surface area contributed by atoms with Crippen molar-refractivity contribution in [1.29, 1.82) is 0 Å². The van der Waals surface area contributed by atoms with Gasteiger partial charge in [0.05, 0.1) is 0 Å². The third kappa shape index (κ3) is 5.35. The van der Waals surface area contributed by atoms with Gasteiger partial charge >= 0.3 is 0 Å². The summed E-state index contributed by atoms with van der Waals surface area (Å²) in [5.41, 5.74) is 0. The molecule has 25 heavy (non-hydrogen) atoms. The summed E-state index contributed by atoms with van der Waals surface area (Å²) in [6, 6.07) is 8.11. The van der Waals surface area contributed by atoms with Gasteiger partial charge in [-0.05, 0) is 44.4 Å². The van der Waals surface area contributed by atoms with E-state index in [1.54, 1.807) is 19.1 Å². The highest BCUT2D eigenvalue weighted by atomic mass is 35.5. The number of hydrogen-bond acceptors (Lipinski definition) is 3. The van der Waals surface area contributed by atoms with Crippen molar-refractivity contribution >= 4 is 17.5 Å². The van der Waals surface area contributed by atoms with E-state index in [4.69, 9.17) is 16.3 Å². The smallest absolute Gasteiger partial charge is 0.261 e. The second-order valence-electron chi connectivity index (χ2n) is 7.35. The van der Waals surface area contributed by atoms with E-state index in [9.17, 15) is 4.79 Å². The Hall–Kier alpha value is -1.26. The normalized spacial score (nSPS) is 23.8. The molecule has 0 aromatic heterocycles. The van der Waals surface area contributed by atoms with Crippen LogP contribution in [0.1, 0.15) is 51.9 Å². The van der Waals surface area contributed by atoms with Gasteiger partial charge in [-0.3, -0.25) is 9.69 Å². The molecule has 0 bridgehead atoms. The SMILES string of the molecule is CC(Oc1cccc(Cl)c1)C(=O)NC1CCN(C2CCCCCC2)C1. The van der Waals surface area contributed by atoms with E-state index in [0.29, 0.717) is 16.8 Å². The number of nitrogens with zero attached hydrogens (tertiary/aromatic N) is 1. The van der Waals surface area contributed by atoms with Crippen molar-refractivity contribution < 1.29 is 9.53 Å². The molecule has 1 N–H and O–H groups in total. The first-order chi connectivity index (χ1) is 12.1. The summed E-state index contributed by atoms with van der Waals surface area (Å²) in [7, 11) is 0. The van der Waals surface area contributed by atoms with Gasteiger partial charge in [-0.2, -0.15) is 0 Å². The van der Waals surface area contributed by atoms with Crippen molar-refractivity contribution in [3.63, 3.8) is 0 Å². The first kappa shape index (κ1) is 18.5. The molecule has 1 aliphatic heterocycles. The fraction of sp³-hybridized carbons (Fsp3) is 0.650. The molecule has 1 amide bonds. The molecule has 1 aromatic carbocycles. The van der Waals surface area contributed by atoms with Crippen molar-refractivity contribution in [3.8, 4) is 5.75 Å². The van der Waals surface area contributed by atoms with Crippen LogP contribution in [0.25, 0.3) is 0 Å². The van der Waals surface area contributed by atoms with Crippen LogP contribution in [-0.2, 0) is 4.79 Å². The summed E-state index contributed by atoms with van der Waals surface area (Å²) in [4.78, 5) is 15.0. The molecule has 2 atom stereocenters. The summed E-state index contributed by atoms with van der Waals surface area (Å²) in [6.45, 7) is 3.85. The molecular weight excluding hydrogens is 336 g/mol. The molecule has 4 nitrogen and oxygen atoms in total. The molecule has 2 unspecified atom stereocenters. The second-order valence-corrected chi connectivity index (χ2v) is 7.79. The molecule has 1 aliphatic carbocycles. The molecular formula is C20H29ClN2O2. The molecule has 1 heterocycles. The number of nitrogens with one attached hydrogen (secondary N) is 1. The number of rotatable bonds is 5. The first-order valence-electron chi connectivity index (χ1n) is 9.58. The number of amides is 1. The van der Waals surface area contributed by atoms with Gasteiger partial charge < -0.3 is 10.1 Å². The Kier molecular flexibility index (Phi) is 6.60. The maximum Gasteiger partial charge on any atom is 0.261 e. The average Bonchev–Trinajstić information content (AvgIpc) is 2.88. The lowest BCUT2D eigenvalue weighted by atomic mass is 10.1. The van der Waals surface area contributed by atoms with E-state index in [1.807, 2.05) is 12.1 Å². The van der Waals surface area contributed by atoms with Gasteiger partial charge in [-0.25, -0.2) is 0 Å². The van der Waals surface area contributed by atoms with Gasteiger partial charge in [0.1, 0.15) is 5.75 Å². The van der Waals surface area contributed by atoms with E-state index in [2.05, 4.69) is 10.2 Å². The van der Waals surface area contributed by atoms with Crippen LogP contribution in [0, 0.1) is 0 Å². The topological polar surface area (TPSA) is 41.6 Å². The van der Waals surface area contributed by atoms with Crippen LogP contribution in [0.3, 0.4) is 0 Å². The van der Waals surface area contributed by atoms with Crippen LogP contribution < -0.4 is 10.1 Å². The first-order valence-corrected chi connectivity index (χ1v) is 9.96. The maximum atomic E-state index is 12.4. The molecule has 138 valence electrons. The highest BCUT2D eigenvalue weighted by Crippen LogP contribution is 2.25. The zero-order valence-electron chi connectivity index (χ0n) is 15.0. The number of ether oxygens (including phenoxy) is 1. The van der Waals surface area contributed by atoms with Crippen molar-refractivity contribution in [3.05, 3.63) is 29.3 Å². The molecule has 1 saturated carbocycles. The van der Waals surface area contributed by atoms with Crippen LogP contribution >= 0.6 is 11.6 Å². The van der Waals surface area contributed by atoms with Crippen molar-refractivity contribution in [2.24, 2.45) is 0 Å². The fourth-order valence-corrected chi connectivity index (χ4v) is 4.16. The summed E-state index contributed by atoms with van der Waals surface area (Å²) in [5, 5.41) is 3.77. The van der Waals surface area contributed by atoms with E-state index in [1.165, 1.54) is 38.5 Å². The molecule has 2 aliphatic rings. The van der Waals surface area contributed by atoms with E-state index in [-0.39, 0.29) is 11.9 Å². The monoisotopic (exact) mass is 364 g/mol. The predicted octanol–water partition coefficient (Wildman–Crippen LogP) is 4.02. The third-order valence-electron chi connectivity index (χ3n) is 5.39. The summed E-state index contributed by atoms with van der Waals surface area (Å²) in [6.07, 6.45) is 8.60. The minimum atomic E-state index is -0.523. The number of carbonyl (C=O) groups is 1. The van der Waals surface area contributed by atoms with Crippen LogP contribution in [-0.4, -0.2) is 42.1 Å². The second kappa shape index (κ2) is 8.91. The van der Waals surface area contributed by atoms with Crippen LogP contribution in [0.2, 0.25) is 5.02 Å². The van der Waals surface area contributed by atoms with Gasteiger partial charge in [-0.15, -0.1) is 0 Å². The summed E-state index contributed by atoms with van der Waals surface area (Å²) >= 11 is 5.96. The quantitative estimate of drug-likeness (QED) is 0.802. The molecule has 5 heteroatoms. The van der Waals surface area contributed by atoms with Crippen molar-refractivity contribution in [2.75, 3.05) is 13.1 Å². The standard InChI is InChI=1S/C20H29ClN2O2/c1-15(25-19-10-6-7-16(21)13-19)20(24)22-17-11-12-23(14-17)18-8-4-2-3-5-9-18/h6-7,10,13,15,17-18H,2-5,8-9,11-12,14H2,1H3,(H,22,24). The minimum Gasteiger partial charge on any atom is -0.481 e. The Morgan fingerprint density at radius 2 is 2.00 bits per heavy atom. The zero-order chi connectivity index (χ0) is 17.6. The van der Waals surface area contributed by atoms with E-state index < -0.39 is 6.10 Å². The average molecular weight is 365 g/mol. The summed E-state index contributed by atoms with van der Waals surface area (Å²) < 4.78 is 5.72. The minimum absolute atomic E-state index is 0.0484. The Morgan fingerprint density at radius 1 is 1.24 bits per heavy atom. The molecule has 3 rings (SSSR count). The number of carbonyl (C=O) groups excluding carboxylic acids is 1. The van der Waals surface area contributed by atoms with Gasteiger partial charge in [0.2, 0.25) is 0 Å². The lowest BCUT2D eigenvalue weighted by Gasteiger charge is -2.27. The largest absolute Gasteiger partial charge is 0.481 e. The van der Waals surface area contributed by atoms with Crippen LogP contribution in [0.4, 0.5) is 0 Å². The van der Waals surface area contributed by atoms with Gasteiger partial charge in [0, 0.05) is 30.2 Å². The molecule has 0 spiro atoms. The van der Waals surface area contributed by atoms with Crippen molar-refractivity contribution in [1.82, 2.24) is 10.2 Å². The van der Waals surface area contributed by atoms with Crippen molar-refractivity contribution in [2.45, 2.75) is 70.1 Å². The van der Waals surface area contributed by atoms with Gasteiger partial charge in [-0.1, -0.05) is 43.4 Å². The van der Waals surface area contributed by atoms with E-state index >= 15 is 0 Å². The predicted molar refractivity (Wildman–Crippen MR) is 101 cm³/mol. The zero-order valence-corrected chi connectivity index (χ0v) is 15.8. The van der Waals surface area contributed by atoms with Gasteiger partial charge in [0.25, 0.3) is 5.91 Å². The number of halogens is 1. The highest BCUT2D eigenvalue weighted by molar-refractivity contribution is 6.30. The summed E-state index contributed by atoms with van der Waals surface area (Å²) in [5.74, 6) is 0.578. The Balaban J connectivity index is 1.46. The molecule has 1 aromatic rings. The lowest BCUT2D eigenvalue weighted by molar-refractivity contribution is -0.127. The lowest BCUT2D eigenvalue weighted by Crippen LogP contribution is -2.44. The maximum absolute atomic E-state index is 12.4. The number of likely N-dealkylation sites (tertiary alicyclic amines) is 1. The van der Waals surface area contributed by atoms with E-state index in [0.717, 1.165) is 19.5 Å². The Morgan fingerprint density at radius 3 is 2.72 bits per heavy atom.